The number of nitrogens with one attached hydrogen (secondary N) is 2. The Morgan fingerprint density at radius 3 is 2.95 bits per heavy atom. The summed E-state index contributed by atoms with van der Waals surface area (Å²) < 4.78 is 0. The molecule has 0 spiro atoms. The fraction of sp³-hybridized carbons (Fsp3) is 0.462. The SMILES string of the molecule is O=[N+]([O-])c1ccc2nc(NCCN3CCCC3)[nH]c2c1. The highest BCUT2D eigenvalue weighted by atomic mass is 16.6. The lowest BCUT2D eigenvalue weighted by atomic mass is 10.3. The average molecular weight is 275 g/mol. The molecule has 3 rings (SSSR count). The fourth-order valence-electron chi connectivity index (χ4n) is 2.53. The van der Waals surface area contributed by atoms with Crippen LogP contribution in [0, 0.1) is 10.1 Å². The van der Waals surface area contributed by atoms with Gasteiger partial charge in [-0.15, -0.1) is 0 Å². The highest BCUT2D eigenvalue weighted by Crippen LogP contribution is 2.20. The van der Waals surface area contributed by atoms with E-state index in [-0.39, 0.29) is 5.69 Å². The molecule has 0 bridgehead atoms. The van der Waals surface area contributed by atoms with E-state index < -0.39 is 4.92 Å². The van der Waals surface area contributed by atoms with Crippen molar-refractivity contribution in [2.75, 3.05) is 31.5 Å². The summed E-state index contributed by atoms with van der Waals surface area (Å²) in [5, 5.41) is 14.0. The van der Waals surface area contributed by atoms with Gasteiger partial charge in [-0.3, -0.25) is 10.1 Å². The van der Waals surface area contributed by atoms with Crippen molar-refractivity contribution in [1.82, 2.24) is 14.9 Å². The second-order valence-electron chi connectivity index (χ2n) is 5.02. The minimum atomic E-state index is -0.402. The summed E-state index contributed by atoms with van der Waals surface area (Å²) in [6, 6.07) is 4.64. The van der Waals surface area contributed by atoms with Crippen LogP contribution in [0.4, 0.5) is 11.6 Å². The maximum atomic E-state index is 10.7. The third-order valence-electron chi connectivity index (χ3n) is 3.60. The molecule has 106 valence electrons. The van der Waals surface area contributed by atoms with Gasteiger partial charge in [0.25, 0.3) is 5.69 Å². The minimum Gasteiger partial charge on any atom is -0.355 e. The zero-order valence-corrected chi connectivity index (χ0v) is 11.1. The average Bonchev–Trinajstić information content (AvgIpc) is 3.06. The molecule has 1 aliphatic rings. The first-order valence-corrected chi connectivity index (χ1v) is 6.83. The number of non-ortho nitro benzene ring substituents is 1. The van der Waals surface area contributed by atoms with E-state index in [9.17, 15) is 10.1 Å². The van der Waals surface area contributed by atoms with Crippen molar-refractivity contribution >= 4 is 22.7 Å². The number of anilines is 1. The summed E-state index contributed by atoms with van der Waals surface area (Å²) in [6.45, 7) is 4.17. The Hall–Kier alpha value is -2.15. The molecule has 2 aromatic rings. The lowest BCUT2D eigenvalue weighted by Gasteiger charge is -2.14. The van der Waals surface area contributed by atoms with E-state index in [4.69, 9.17) is 0 Å². The molecule has 0 saturated carbocycles. The number of hydrogen-bond acceptors (Lipinski definition) is 5. The number of nitro benzene ring substituents is 1. The molecule has 0 radical (unpaired) electrons. The van der Waals surface area contributed by atoms with E-state index in [1.807, 2.05) is 0 Å². The summed E-state index contributed by atoms with van der Waals surface area (Å²) in [6.07, 6.45) is 2.57. The highest BCUT2D eigenvalue weighted by molar-refractivity contribution is 5.79. The molecule has 7 nitrogen and oxygen atoms in total. The first-order chi connectivity index (χ1) is 9.72. The summed E-state index contributed by atoms with van der Waals surface area (Å²) in [4.78, 5) is 20.2. The Bertz CT molecular complexity index is 618. The van der Waals surface area contributed by atoms with Crippen molar-refractivity contribution in [3.63, 3.8) is 0 Å². The van der Waals surface area contributed by atoms with E-state index in [0.29, 0.717) is 11.5 Å². The van der Waals surface area contributed by atoms with Crippen LogP contribution in [0.2, 0.25) is 0 Å². The summed E-state index contributed by atoms with van der Waals surface area (Å²) in [7, 11) is 0. The molecule has 0 atom stereocenters. The Morgan fingerprint density at radius 2 is 2.20 bits per heavy atom. The van der Waals surface area contributed by atoms with Gasteiger partial charge in [0, 0.05) is 25.2 Å². The number of hydrogen-bond donors (Lipinski definition) is 2. The van der Waals surface area contributed by atoms with Gasteiger partial charge in [0.15, 0.2) is 0 Å². The predicted molar refractivity (Wildman–Crippen MR) is 76.9 cm³/mol. The maximum Gasteiger partial charge on any atom is 0.271 e. The molecule has 20 heavy (non-hydrogen) atoms. The Kier molecular flexibility index (Phi) is 3.51. The van der Waals surface area contributed by atoms with Crippen molar-refractivity contribution in [1.29, 1.82) is 0 Å². The topological polar surface area (TPSA) is 87.1 Å². The number of likely N-dealkylation sites (tertiary alicyclic amines) is 1. The molecule has 7 heteroatoms. The predicted octanol–water partition coefficient (Wildman–Crippen LogP) is 1.98. The van der Waals surface area contributed by atoms with Crippen LogP contribution in [0.5, 0.6) is 0 Å². The quantitative estimate of drug-likeness (QED) is 0.643. The molecule has 1 aliphatic heterocycles. The van der Waals surface area contributed by atoms with Gasteiger partial charge in [-0.25, -0.2) is 4.98 Å². The van der Waals surface area contributed by atoms with Gasteiger partial charge in [-0.2, -0.15) is 0 Å². The number of imidazole rings is 1. The zero-order chi connectivity index (χ0) is 13.9. The molecular weight excluding hydrogens is 258 g/mol. The molecule has 1 saturated heterocycles. The van der Waals surface area contributed by atoms with E-state index in [1.165, 1.54) is 38.1 Å². The van der Waals surface area contributed by atoms with Crippen LogP contribution in [-0.2, 0) is 0 Å². The standard InChI is InChI=1S/C13H17N5O2/c19-18(20)10-3-4-11-12(9-10)16-13(15-11)14-5-8-17-6-1-2-7-17/h3-4,9H,1-2,5-8H2,(H2,14,15,16). The van der Waals surface area contributed by atoms with E-state index >= 15 is 0 Å². The third kappa shape index (κ3) is 2.72. The third-order valence-corrected chi connectivity index (χ3v) is 3.60. The molecule has 0 amide bonds. The van der Waals surface area contributed by atoms with Gasteiger partial charge >= 0.3 is 0 Å². The highest BCUT2D eigenvalue weighted by Gasteiger charge is 2.12. The van der Waals surface area contributed by atoms with Crippen molar-refractivity contribution in [2.45, 2.75) is 12.8 Å². The number of rotatable bonds is 5. The van der Waals surface area contributed by atoms with Gasteiger partial charge in [-0.1, -0.05) is 0 Å². The Labute approximate surface area is 116 Å². The van der Waals surface area contributed by atoms with Crippen molar-refractivity contribution in [3.05, 3.63) is 28.3 Å². The summed E-state index contributed by atoms with van der Waals surface area (Å²) in [5.41, 5.74) is 1.49. The van der Waals surface area contributed by atoms with Crippen molar-refractivity contribution in [3.8, 4) is 0 Å². The molecule has 1 aromatic heterocycles. The van der Waals surface area contributed by atoms with Gasteiger partial charge in [0.1, 0.15) is 0 Å². The van der Waals surface area contributed by atoms with E-state index in [0.717, 1.165) is 18.6 Å². The molecule has 1 fully saturated rings. The van der Waals surface area contributed by atoms with Crippen LogP contribution >= 0.6 is 0 Å². The monoisotopic (exact) mass is 275 g/mol. The summed E-state index contributed by atoms with van der Waals surface area (Å²) >= 11 is 0. The number of fused-ring (bicyclic) bond motifs is 1. The van der Waals surface area contributed by atoms with Crippen molar-refractivity contribution in [2.24, 2.45) is 0 Å². The smallest absolute Gasteiger partial charge is 0.271 e. The van der Waals surface area contributed by atoms with Crippen molar-refractivity contribution < 1.29 is 4.92 Å². The number of nitrogens with zero attached hydrogens (tertiary/aromatic N) is 3. The van der Waals surface area contributed by atoms with Crippen LogP contribution < -0.4 is 5.32 Å². The normalized spacial score (nSPS) is 15.8. The second kappa shape index (κ2) is 5.46. The Morgan fingerprint density at radius 1 is 1.40 bits per heavy atom. The van der Waals surface area contributed by atoms with Gasteiger partial charge in [-0.05, 0) is 32.0 Å². The molecule has 2 N–H and O–H groups in total. The van der Waals surface area contributed by atoms with Crippen LogP contribution in [0.15, 0.2) is 18.2 Å². The molecule has 0 unspecified atom stereocenters. The largest absolute Gasteiger partial charge is 0.355 e. The van der Waals surface area contributed by atoms with Crippen LogP contribution in [0.1, 0.15) is 12.8 Å². The lowest BCUT2D eigenvalue weighted by molar-refractivity contribution is -0.384. The molecular formula is C13H17N5O2. The fourth-order valence-corrected chi connectivity index (χ4v) is 2.53. The molecule has 0 aliphatic carbocycles. The second-order valence-corrected chi connectivity index (χ2v) is 5.02. The Balaban J connectivity index is 1.64. The number of benzene rings is 1. The van der Waals surface area contributed by atoms with Gasteiger partial charge in [0.2, 0.25) is 5.95 Å². The number of H-pyrrole nitrogens is 1. The van der Waals surface area contributed by atoms with E-state index in [2.05, 4.69) is 20.2 Å². The molecule has 1 aromatic carbocycles. The number of nitro groups is 1. The van der Waals surface area contributed by atoms with E-state index in [1.54, 1.807) is 6.07 Å². The summed E-state index contributed by atoms with van der Waals surface area (Å²) in [5.74, 6) is 0.666. The first kappa shape index (κ1) is 12.9. The van der Waals surface area contributed by atoms with Crippen LogP contribution in [0.25, 0.3) is 11.0 Å². The van der Waals surface area contributed by atoms with Gasteiger partial charge < -0.3 is 15.2 Å². The van der Waals surface area contributed by atoms with Crippen LogP contribution in [-0.4, -0.2) is 46.0 Å². The zero-order valence-electron chi connectivity index (χ0n) is 11.1. The lowest BCUT2D eigenvalue weighted by Crippen LogP contribution is -2.26. The van der Waals surface area contributed by atoms with Crippen LogP contribution in [0.3, 0.4) is 0 Å². The number of aromatic nitrogens is 2. The number of aromatic amines is 1. The minimum absolute atomic E-state index is 0.0739. The maximum absolute atomic E-state index is 10.7. The van der Waals surface area contributed by atoms with Gasteiger partial charge in [0.05, 0.1) is 16.0 Å². The first-order valence-electron chi connectivity index (χ1n) is 6.83. The molecule has 2 heterocycles.